The summed E-state index contributed by atoms with van der Waals surface area (Å²) in [6.45, 7) is 5.62. The molecule has 1 aliphatic rings. The van der Waals surface area contributed by atoms with Gasteiger partial charge >= 0.3 is 5.97 Å². The zero-order valence-electron chi connectivity index (χ0n) is 10.7. The number of hydrogen-bond donors (Lipinski definition) is 1. The van der Waals surface area contributed by atoms with Crippen LogP contribution in [-0.4, -0.2) is 28.6 Å². The normalized spacial score (nSPS) is 20.3. The van der Waals surface area contributed by atoms with Crippen molar-refractivity contribution in [2.24, 2.45) is 0 Å². The Hall–Kier alpha value is -1.06. The van der Waals surface area contributed by atoms with Gasteiger partial charge in [-0.3, -0.25) is 9.69 Å². The number of carboxylic acid groups (broad SMARTS) is 1. The van der Waals surface area contributed by atoms with E-state index in [1.807, 2.05) is 30.9 Å². The summed E-state index contributed by atoms with van der Waals surface area (Å²) >= 11 is 6.01. The van der Waals surface area contributed by atoms with E-state index < -0.39 is 5.97 Å². The first kappa shape index (κ1) is 13.4. The van der Waals surface area contributed by atoms with Gasteiger partial charge in [0.25, 0.3) is 0 Å². The van der Waals surface area contributed by atoms with Crippen LogP contribution in [0.1, 0.15) is 29.5 Å². The molecule has 4 heteroatoms. The fourth-order valence-corrected chi connectivity index (χ4v) is 3.02. The molecule has 1 N–H and O–H groups in total. The molecule has 18 heavy (non-hydrogen) atoms. The fraction of sp³-hybridized carbons (Fsp3) is 0.500. The van der Waals surface area contributed by atoms with Crippen molar-refractivity contribution in [2.75, 3.05) is 6.54 Å². The van der Waals surface area contributed by atoms with Gasteiger partial charge < -0.3 is 5.11 Å². The molecule has 0 saturated carbocycles. The van der Waals surface area contributed by atoms with Crippen LogP contribution in [0, 0.1) is 13.8 Å². The smallest absolute Gasteiger partial charge is 0.320 e. The topological polar surface area (TPSA) is 40.5 Å². The molecule has 0 aromatic heterocycles. The van der Waals surface area contributed by atoms with Gasteiger partial charge in [0, 0.05) is 11.6 Å². The summed E-state index contributed by atoms with van der Waals surface area (Å²) in [7, 11) is 0. The third-order valence-electron chi connectivity index (χ3n) is 3.67. The highest BCUT2D eigenvalue weighted by Gasteiger charge is 2.30. The summed E-state index contributed by atoms with van der Waals surface area (Å²) in [5.41, 5.74) is 3.47. The molecule has 1 aromatic carbocycles. The minimum absolute atomic E-state index is 0.334. The van der Waals surface area contributed by atoms with Gasteiger partial charge in [-0.2, -0.15) is 0 Å². The number of aryl methyl sites for hydroxylation is 2. The second-order valence-electron chi connectivity index (χ2n) is 4.98. The predicted molar refractivity (Wildman–Crippen MR) is 72.0 cm³/mol. The molecular weight excluding hydrogens is 250 g/mol. The lowest BCUT2D eigenvalue weighted by molar-refractivity contribution is -0.142. The third-order valence-corrected chi connectivity index (χ3v) is 3.89. The van der Waals surface area contributed by atoms with E-state index in [-0.39, 0.29) is 6.04 Å². The lowest BCUT2D eigenvalue weighted by atomic mass is 10.0. The van der Waals surface area contributed by atoms with Crippen LogP contribution < -0.4 is 0 Å². The van der Waals surface area contributed by atoms with Gasteiger partial charge in [-0.05, 0) is 62.1 Å². The molecule has 1 fully saturated rings. The van der Waals surface area contributed by atoms with Crippen molar-refractivity contribution in [3.05, 3.63) is 33.8 Å². The summed E-state index contributed by atoms with van der Waals surface area (Å²) in [5.74, 6) is -0.711. The Bertz CT molecular complexity index is 450. The predicted octanol–water partition coefficient (Wildman–Crippen LogP) is 3.01. The highest BCUT2D eigenvalue weighted by atomic mass is 35.5. The molecule has 1 heterocycles. The Morgan fingerprint density at radius 2 is 2.06 bits per heavy atom. The van der Waals surface area contributed by atoms with Crippen molar-refractivity contribution in [1.82, 2.24) is 4.90 Å². The molecule has 0 amide bonds. The van der Waals surface area contributed by atoms with Crippen LogP contribution in [0.4, 0.5) is 0 Å². The number of rotatable bonds is 3. The molecule has 1 aromatic rings. The zero-order valence-corrected chi connectivity index (χ0v) is 11.5. The van der Waals surface area contributed by atoms with Crippen molar-refractivity contribution in [1.29, 1.82) is 0 Å². The molecule has 0 bridgehead atoms. The summed E-state index contributed by atoms with van der Waals surface area (Å²) in [4.78, 5) is 13.2. The lowest BCUT2D eigenvalue weighted by Crippen LogP contribution is -2.35. The van der Waals surface area contributed by atoms with Crippen LogP contribution in [0.25, 0.3) is 0 Å². The average Bonchev–Trinajstić information content (AvgIpc) is 2.71. The van der Waals surface area contributed by atoms with E-state index >= 15 is 0 Å². The Labute approximate surface area is 112 Å². The molecule has 3 nitrogen and oxygen atoms in total. The van der Waals surface area contributed by atoms with Crippen molar-refractivity contribution < 1.29 is 9.90 Å². The van der Waals surface area contributed by atoms with E-state index in [4.69, 9.17) is 11.6 Å². The van der Waals surface area contributed by atoms with E-state index in [9.17, 15) is 9.90 Å². The first-order valence-electron chi connectivity index (χ1n) is 6.21. The maximum absolute atomic E-state index is 11.2. The number of carboxylic acids is 1. The maximum Gasteiger partial charge on any atom is 0.320 e. The van der Waals surface area contributed by atoms with Crippen molar-refractivity contribution in [3.63, 3.8) is 0 Å². The highest BCUT2D eigenvalue weighted by molar-refractivity contribution is 6.30. The van der Waals surface area contributed by atoms with E-state index in [1.54, 1.807) is 0 Å². The SMILES string of the molecule is Cc1cc(Cl)cc(C)c1CN1CCC[C@@H]1C(=O)O. The Morgan fingerprint density at radius 3 is 2.61 bits per heavy atom. The van der Waals surface area contributed by atoms with Crippen LogP contribution in [0.5, 0.6) is 0 Å². The minimum Gasteiger partial charge on any atom is -0.480 e. The second kappa shape index (κ2) is 5.29. The van der Waals surface area contributed by atoms with Crippen molar-refractivity contribution in [3.8, 4) is 0 Å². The van der Waals surface area contributed by atoms with Gasteiger partial charge in [-0.15, -0.1) is 0 Å². The summed E-state index contributed by atoms with van der Waals surface area (Å²) < 4.78 is 0. The van der Waals surface area contributed by atoms with Crippen LogP contribution in [-0.2, 0) is 11.3 Å². The minimum atomic E-state index is -0.711. The largest absolute Gasteiger partial charge is 0.480 e. The highest BCUT2D eigenvalue weighted by Crippen LogP contribution is 2.25. The summed E-state index contributed by atoms with van der Waals surface area (Å²) in [6, 6.07) is 3.55. The van der Waals surface area contributed by atoms with Crippen molar-refractivity contribution in [2.45, 2.75) is 39.3 Å². The Morgan fingerprint density at radius 1 is 1.44 bits per heavy atom. The number of likely N-dealkylation sites (tertiary alicyclic amines) is 1. The number of carbonyl (C=O) groups is 1. The quantitative estimate of drug-likeness (QED) is 0.915. The lowest BCUT2D eigenvalue weighted by Gasteiger charge is -2.23. The fourth-order valence-electron chi connectivity index (χ4n) is 2.69. The Kier molecular flexibility index (Phi) is 3.93. The van der Waals surface area contributed by atoms with Crippen LogP contribution in [0.2, 0.25) is 5.02 Å². The zero-order chi connectivity index (χ0) is 13.3. The van der Waals surface area contributed by atoms with E-state index in [1.165, 1.54) is 5.56 Å². The molecule has 0 aliphatic carbocycles. The molecule has 1 atom stereocenters. The van der Waals surface area contributed by atoms with Gasteiger partial charge in [-0.1, -0.05) is 11.6 Å². The monoisotopic (exact) mass is 267 g/mol. The number of aliphatic carboxylic acids is 1. The van der Waals surface area contributed by atoms with Gasteiger partial charge in [-0.25, -0.2) is 0 Å². The van der Waals surface area contributed by atoms with Crippen LogP contribution >= 0.6 is 11.6 Å². The van der Waals surface area contributed by atoms with Crippen LogP contribution in [0.15, 0.2) is 12.1 Å². The molecule has 0 spiro atoms. The number of nitrogens with zero attached hydrogens (tertiary/aromatic N) is 1. The summed E-state index contributed by atoms with van der Waals surface area (Å²) in [5, 5.41) is 9.92. The number of benzene rings is 1. The van der Waals surface area contributed by atoms with Gasteiger partial charge in [0.1, 0.15) is 6.04 Å². The standard InChI is InChI=1S/C14H18ClNO2/c1-9-6-11(15)7-10(2)12(9)8-16-5-3-4-13(16)14(17)18/h6-7,13H,3-5,8H2,1-2H3,(H,17,18)/t13-/m1/s1. The molecule has 0 unspecified atom stereocenters. The molecule has 98 valence electrons. The molecule has 1 aliphatic heterocycles. The average molecular weight is 268 g/mol. The van der Waals surface area contributed by atoms with Gasteiger partial charge in [0.15, 0.2) is 0 Å². The second-order valence-corrected chi connectivity index (χ2v) is 5.42. The maximum atomic E-state index is 11.2. The van der Waals surface area contributed by atoms with Gasteiger partial charge in [0.2, 0.25) is 0 Å². The third kappa shape index (κ3) is 2.68. The van der Waals surface area contributed by atoms with Crippen LogP contribution in [0.3, 0.4) is 0 Å². The van der Waals surface area contributed by atoms with E-state index in [0.29, 0.717) is 6.54 Å². The van der Waals surface area contributed by atoms with Gasteiger partial charge in [0.05, 0.1) is 0 Å². The molecule has 1 saturated heterocycles. The van der Waals surface area contributed by atoms with E-state index in [0.717, 1.165) is 35.5 Å². The molecular formula is C14H18ClNO2. The Balaban J connectivity index is 2.21. The molecule has 0 radical (unpaired) electrons. The van der Waals surface area contributed by atoms with E-state index in [2.05, 4.69) is 0 Å². The first-order chi connectivity index (χ1) is 8.49. The summed E-state index contributed by atoms with van der Waals surface area (Å²) in [6.07, 6.45) is 1.71. The van der Waals surface area contributed by atoms with Crippen molar-refractivity contribution >= 4 is 17.6 Å². The number of halogens is 1. The number of hydrogen-bond acceptors (Lipinski definition) is 2. The molecule has 2 rings (SSSR count). The first-order valence-corrected chi connectivity index (χ1v) is 6.59.